The van der Waals surface area contributed by atoms with Crippen LogP contribution in [0.5, 0.6) is 0 Å². The van der Waals surface area contributed by atoms with E-state index in [1.807, 2.05) is 24.4 Å². The Labute approximate surface area is 161 Å². The SMILES string of the molecule is CC(NC(=O)Nc1nc(-c2ccc3c(c2)CCC(=O)N3)cs1)C1CCOC1. The van der Waals surface area contributed by atoms with Crippen LogP contribution in [0.15, 0.2) is 23.6 Å². The Hall–Kier alpha value is -2.45. The van der Waals surface area contributed by atoms with Gasteiger partial charge in [0.15, 0.2) is 5.13 Å². The van der Waals surface area contributed by atoms with E-state index in [1.54, 1.807) is 0 Å². The van der Waals surface area contributed by atoms with Crippen molar-refractivity contribution in [1.29, 1.82) is 0 Å². The Kier molecular flexibility index (Phi) is 5.09. The third kappa shape index (κ3) is 4.12. The third-order valence-electron chi connectivity index (χ3n) is 5.05. The molecule has 1 aromatic carbocycles. The highest BCUT2D eigenvalue weighted by Gasteiger charge is 2.24. The molecular formula is C19H22N4O3S. The van der Waals surface area contributed by atoms with Gasteiger partial charge in [-0.1, -0.05) is 6.07 Å². The van der Waals surface area contributed by atoms with Gasteiger partial charge in [-0.2, -0.15) is 0 Å². The first-order chi connectivity index (χ1) is 13.1. The van der Waals surface area contributed by atoms with E-state index in [1.165, 1.54) is 11.3 Å². The van der Waals surface area contributed by atoms with Gasteiger partial charge in [0.1, 0.15) is 0 Å². The van der Waals surface area contributed by atoms with Gasteiger partial charge in [0.25, 0.3) is 0 Å². The van der Waals surface area contributed by atoms with Crippen molar-refractivity contribution < 1.29 is 14.3 Å². The lowest BCUT2D eigenvalue weighted by Gasteiger charge is -2.18. The summed E-state index contributed by atoms with van der Waals surface area (Å²) >= 11 is 1.39. The number of thiazole rings is 1. The summed E-state index contributed by atoms with van der Waals surface area (Å²) in [4.78, 5) is 28.2. The van der Waals surface area contributed by atoms with Crippen molar-refractivity contribution in [1.82, 2.24) is 10.3 Å². The number of urea groups is 1. The molecule has 0 spiro atoms. The van der Waals surface area contributed by atoms with Crippen molar-refractivity contribution >= 4 is 34.1 Å². The van der Waals surface area contributed by atoms with Crippen LogP contribution < -0.4 is 16.0 Å². The molecule has 4 rings (SSSR count). The number of carbonyl (C=O) groups is 2. The zero-order chi connectivity index (χ0) is 18.8. The van der Waals surface area contributed by atoms with Crippen LogP contribution in [-0.2, 0) is 16.0 Å². The predicted octanol–water partition coefficient (Wildman–Crippen LogP) is 3.24. The molecule has 2 unspecified atom stereocenters. The molecule has 0 saturated carbocycles. The summed E-state index contributed by atoms with van der Waals surface area (Å²) in [5.74, 6) is 0.415. The Balaban J connectivity index is 1.39. The fourth-order valence-electron chi connectivity index (χ4n) is 3.41. The number of aryl methyl sites for hydroxylation is 1. The van der Waals surface area contributed by atoms with Crippen LogP contribution >= 0.6 is 11.3 Å². The summed E-state index contributed by atoms with van der Waals surface area (Å²) in [7, 11) is 0. The van der Waals surface area contributed by atoms with Gasteiger partial charge in [0.05, 0.1) is 12.3 Å². The average molecular weight is 386 g/mol. The van der Waals surface area contributed by atoms with E-state index in [4.69, 9.17) is 4.74 Å². The topological polar surface area (TPSA) is 92.4 Å². The maximum atomic E-state index is 12.2. The molecule has 2 atom stereocenters. The zero-order valence-corrected chi connectivity index (χ0v) is 15.9. The first-order valence-electron chi connectivity index (χ1n) is 9.12. The van der Waals surface area contributed by atoms with E-state index in [2.05, 4.69) is 27.0 Å². The molecule has 8 heteroatoms. The molecule has 142 valence electrons. The predicted molar refractivity (Wildman–Crippen MR) is 105 cm³/mol. The highest BCUT2D eigenvalue weighted by Crippen LogP contribution is 2.30. The summed E-state index contributed by atoms with van der Waals surface area (Å²) < 4.78 is 5.37. The monoisotopic (exact) mass is 386 g/mol. The zero-order valence-electron chi connectivity index (χ0n) is 15.1. The maximum Gasteiger partial charge on any atom is 0.321 e. The quantitative estimate of drug-likeness (QED) is 0.752. The fraction of sp³-hybridized carbons (Fsp3) is 0.421. The number of anilines is 2. The molecule has 3 N–H and O–H groups in total. The Morgan fingerprint density at radius 3 is 3.11 bits per heavy atom. The standard InChI is InChI=1S/C19H22N4O3S/c1-11(14-6-7-26-9-14)20-18(25)23-19-22-16(10-27-19)13-2-4-15-12(8-13)3-5-17(24)21-15/h2,4,8,10-11,14H,3,5-7,9H2,1H3,(H,21,24)(H2,20,22,23,25). The van der Waals surface area contributed by atoms with E-state index in [0.717, 1.165) is 42.0 Å². The van der Waals surface area contributed by atoms with Crippen LogP contribution in [0.25, 0.3) is 11.3 Å². The number of hydrogen-bond acceptors (Lipinski definition) is 5. The first kappa shape index (κ1) is 17.9. The molecule has 2 aliphatic rings. The Morgan fingerprint density at radius 2 is 2.30 bits per heavy atom. The van der Waals surface area contributed by atoms with E-state index in [-0.39, 0.29) is 18.0 Å². The highest BCUT2D eigenvalue weighted by molar-refractivity contribution is 7.14. The van der Waals surface area contributed by atoms with Crippen LogP contribution in [0.1, 0.15) is 25.3 Å². The highest BCUT2D eigenvalue weighted by atomic mass is 32.1. The minimum atomic E-state index is -0.247. The van der Waals surface area contributed by atoms with Gasteiger partial charge in [-0.15, -0.1) is 11.3 Å². The van der Waals surface area contributed by atoms with Crippen molar-refractivity contribution in [2.75, 3.05) is 23.8 Å². The molecule has 2 aromatic rings. The lowest BCUT2D eigenvalue weighted by atomic mass is 9.99. The van der Waals surface area contributed by atoms with Gasteiger partial charge in [0, 0.05) is 41.6 Å². The van der Waals surface area contributed by atoms with Crippen LogP contribution in [0.2, 0.25) is 0 Å². The van der Waals surface area contributed by atoms with E-state index in [0.29, 0.717) is 24.1 Å². The minimum Gasteiger partial charge on any atom is -0.381 e. The Bertz CT molecular complexity index is 860. The number of nitrogens with zero attached hydrogens (tertiary/aromatic N) is 1. The number of amides is 3. The largest absolute Gasteiger partial charge is 0.381 e. The summed E-state index contributed by atoms with van der Waals surface area (Å²) in [6.45, 7) is 3.46. The normalized spacial score (nSPS) is 19.9. The summed E-state index contributed by atoms with van der Waals surface area (Å²) in [5, 5.41) is 11.1. The van der Waals surface area contributed by atoms with Gasteiger partial charge in [-0.3, -0.25) is 10.1 Å². The number of benzene rings is 1. The van der Waals surface area contributed by atoms with Crippen LogP contribution in [0.4, 0.5) is 15.6 Å². The van der Waals surface area contributed by atoms with Crippen molar-refractivity contribution in [3.8, 4) is 11.3 Å². The number of nitrogens with one attached hydrogen (secondary N) is 3. The molecule has 3 heterocycles. The number of carbonyl (C=O) groups excluding carboxylic acids is 2. The van der Waals surface area contributed by atoms with E-state index >= 15 is 0 Å². The number of aromatic nitrogens is 1. The number of rotatable bonds is 4. The van der Waals surface area contributed by atoms with Gasteiger partial charge in [0.2, 0.25) is 5.91 Å². The number of fused-ring (bicyclic) bond motifs is 1. The smallest absolute Gasteiger partial charge is 0.321 e. The van der Waals surface area contributed by atoms with Gasteiger partial charge in [-0.05, 0) is 37.5 Å². The molecule has 1 aromatic heterocycles. The minimum absolute atomic E-state index is 0.0554. The molecule has 0 radical (unpaired) electrons. The fourth-order valence-corrected chi connectivity index (χ4v) is 4.13. The van der Waals surface area contributed by atoms with Crippen molar-refractivity contribution in [3.05, 3.63) is 29.1 Å². The second-order valence-corrected chi connectivity index (χ2v) is 7.83. The molecule has 1 saturated heterocycles. The number of ether oxygens (including phenoxy) is 1. The van der Waals surface area contributed by atoms with Crippen LogP contribution in [0.3, 0.4) is 0 Å². The third-order valence-corrected chi connectivity index (χ3v) is 5.81. The van der Waals surface area contributed by atoms with Gasteiger partial charge < -0.3 is 15.4 Å². The second kappa shape index (κ2) is 7.66. The molecule has 1 fully saturated rings. The van der Waals surface area contributed by atoms with Gasteiger partial charge in [-0.25, -0.2) is 9.78 Å². The first-order valence-corrected chi connectivity index (χ1v) is 10.0. The maximum absolute atomic E-state index is 12.2. The van der Waals surface area contributed by atoms with E-state index < -0.39 is 0 Å². The summed E-state index contributed by atoms with van der Waals surface area (Å²) in [6, 6.07) is 5.71. The van der Waals surface area contributed by atoms with Crippen molar-refractivity contribution in [2.24, 2.45) is 5.92 Å². The molecule has 2 aliphatic heterocycles. The van der Waals surface area contributed by atoms with E-state index in [9.17, 15) is 9.59 Å². The van der Waals surface area contributed by atoms with Gasteiger partial charge >= 0.3 is 6.03 Å². The number of hydrogen-bond donors (Lipinski definition) is 3. The Morgan fingerprint density at radius 1 is 1.41 bits per heavy atom. The molecule has 7 nitrogen and oxygen atoms in total. The molecule has 0 aliphatic carbocycles. The summed E-state index contributed by atoms with van der Waals surface area (Å²) in [6.07, 6.45) is 2.21. The van der Waals surface area contributed by atoms with Crippen molar-refractivity contribution in [2.45, 2.75) is 32.2 Å². The summed E-state index contributed by atoms with van der Waals surface area (Å²) in [5.41, 5.74) is 3.77. The van der Waals surface area contributed by atoms with Crippen LogP contribution in [-0.4, -0.2) is 36.2 Å². The van der Waals surface area contributed by atoms with Crippen LogP contribution in [0, 0.1) is 5.92 Å². The second-order valence-electron chi connectivity index (χ2n) is 6.97. The molecule has 3 amide bonds. The molecule has 27 heavy (non-hydrogen) atoms. The molecular weight excluding hydrogens is 364 g/mol. The molecule has 0 bridgehead atoms. The lowest BCUT2D eigenvalue weighted by molar-refractivity contribution is -0.116. The van der Waals surface area contributed by atoms with Crippen molar-refractivity contribution in [3.63, 3.8) is 0 Å². The average Bonchev–Trinajstić information content (AvgIpc) is 3.33. The lowest BCUT2D eigenvalue weighted by Crippen LogP contribution is -2.40.